The molecule has 0 bridgehead atoms. The quantitative estimate of drug-likeness (QED) is 0.270. The number of esters is 2. The molecule has 0 saturated heterocycles. The Morgan fingerprint density at radius 3 is 1.96 bits per heavy atom. The lowest BCUT2D eigenvalue weighted by Gasteiger charge is -2.19. The van der Waals surface area contributed by atoms with Gasteiger partial charge in [0.25, 0.3) is 0 Å². The molecule has 0 N–H and O–H groups in total. The van der Waals surface area contributed by atoms with Crippen LogP contribution in [0.25, 0.3) is 0 Å². The number of hydrogen-bond acceptors (Lipinski definition) is 4. The van der Waals surface area contributed by atoms with Crippen LogP contribution in [0.4, 0.5) is 0 Å². The van der Waals surface area contributed by atoms with Gasteiger partial charge in [0.1, 0.15) is 0 Å². The van der Waals surface area contributed by atoms with Crippen LogP contribution in [0.5, 0.6) is 0 Å². The van der Waals surface area contributed by atoms with Crippen molar-refractivity contribution in [2.75, 3.05) is 13.2 Å². The van der Waals surface area contributed by atoms with Crippen molar-refractivity contribution >= 4 is 11.9 Å². The SMILES string of the molecule is CCCCCC/C(C(=O)OCCC)=C(/C(=O)OCCC)C1CCCC1. The summed E-state index contributed by atoms with van der Waals surface area (Å²) in [5, 5.41) is 0. The van der Waals surface area contributed by atoms with Crippen LogP contribution in [0.2, 0.25) is 0 Å². The lowest BCUT2D eigenvalue weighted by atomic mass is 9.90. The molecule has 0 aromatic heterocycles. The van der Waals surface area contributed by atoms with Crippen molar-refractivity contribution in [3.8, 4) is 0 Å². The second-order valence-electron chi connectivity index (χ2n) is 6.96. The molecule has 0 heterocycles. The molecule has 0 spiro atoms. The largest absolute Gasteiger partial charge is 0.462 e. The second kappa shape index (κ2) is 13.0. The maximum absolute atomic E-state index is 12.7. The summed E-state index contributed by atoms with van der Waals surface area (Å²) in [6.07, 6.45) is 10.6. The predicted molar refractivity (Wildman–Crippen MR) is 100 cm³/mol. The third-order valence-electron chi connectivity index (χ3n) is 4.71. The highest BCUT2D eigenvalue weighted by Crippen LogP contribution is 2.35. The van der Waals surface area contributed by atoms with Crippen molar-refractivity contribution in [3.63, 3.8) is 0 Å². The van der Waals surface area contributed by atoms with Crippen molar-refractivity contribution in [3.05, 3.63) is 11.1 Å². The van der Waals surface area contributed by atoms with E-state index < -0.39 is 0 Å². The number of carbonyl (C=O) groups excluding carboxylic acids is 2. The predicted octanol–water partition coefficient (Wildman–Crippen LogP) is 5.35. The highest BCUT2D eigenvalue weighted by Gasteiger charge is 2.31. The summed E-state index contributed by atoms with van der Waals surface area (Å²) in [6.45, 7) is 6.93. The van der Waals surface area contributed by atoms with Crippen LogP contribution in [0.1, 0.15) is 91.4 Å². The van der Waals surface area contributed by atoms with Crippen LogP contribution in [-0.4, -0.2) is 25.2 Å². The fraction of sp³-hybridized carbons (Fsp3) is 0.810. The van der Waals surface area contributed by atoms with E-state index >= 15 is 0 Å². The number of hydrogen-bond donors (Lipinski definition) is 0. The molecule has 144 valence electrons. The van der Waals surface area contributed by atoms with E-state index in [0.29, 0.717) is 30.8 Å². The van der Waals surface area contributed by atoms with Gasteiger partial charge in [0.2, 0.25) is 0 Å². The van der Waals surface area contributed by atoms with Gasteiger partial charge in [0, 0.05) is 5.57 Å². The Hall–Kier alpha value is -1.32. The van der Waals surface area contributed by atoms with E-state index in [0.717, 1.165) is 64.2 Å². The van der Waals surface area contributed by atoms with E-state index in [1.165, 1.54) is 0 Å². The van der Waals surface area contributed by atoms with Gasteiger partial charge in [0.05, 0.1) is 18.8 Å². The van der Waals surface area contributed by atoms with E-state index in [-0.39, 0.29) is 17.9 Å². The van der Waals surface area contributed by atoms with Gasteiger partial charge in [-0.2, -0.15) is 0 Å². The van der Waals surface area contributed by atoms with Gasteiger partial charge >= 0.3 is 11.9 Å². The fourth-order valence-corrected chi connectivity index (χ4v) is 3.38. The molecule has 4 nitrogen and oxygen atoms in total. The summed E-state index contributed by atoms with van der Waals surface area (Å²) in [5.74, 6) is -0.457. The molecule has 1 rings (SSSR count). The first-order chi connectivity index (χ1) is 12.2. The number of unbranched alkanes of at least 4 members (excludes halogenated alkanes) is 3. The average molecular weight is 353 g/mol. The highest BCUT2D eigenvalue weighted by molar-refractivity contribution is 6.00. The molecular formula is C21H36O4. The lowest BCUT2D eigenvalue weighted by molar-refractivity contribution is -0.143. The summed E-state index contributed by atoms with van der Waals surface area (Å²) in [7, 11) is 0. The average Bonchev–Trinajstić information content (AvgIpc) is 3.14. The molecule has 0 radical (unpaired) electrons. The van der Waals surface area contributed by atoms with E-state index in [1.807, 2.05) is 13.8 Å². The standard InChI is InChI=1S/C21H36O4/c1-4-7-8-9-14-18(20(22)24-15-5-2)19(17-12-10-11-13-17)21(23)25-16-6-3/h17H,4-16H2,1-3H3/b19-18-. The Morgan fingerprint density at radius 2 is 1.40 bits per heavy atom. The summed E-state index contributed by atoms with van der Waals surface area (Å²) >= 11 is 0. The minimum atomic E-state index is -0.311. The summed E-state index contributed by atoms with van der Waals surface area (Å²) in [6, 6.07) is 0. The normalized spacial score (nSPS) is 15.8. The van der Waals surface area contributed by atoms with Crippen LogP contribution in [0, 0.1) is 5.92 Å². The number of rotatable bonds is 12. The van der Waals surface area contributed by atoms with Gasteiger partial charge in [-0.15, -0.1) is 0 Å². The zero-order valence-electron chi connectivity index (χ0n) is 16.4. The van der Waals surface area contributed by atoms with Crippen LogP contribution in [0.3, 0.4) is 0 Å². The maximum Gasteiger partial charge on any atom is 0.334 e. The Morgan fingerprint density at radius 1 is 0.800 bits per heavy atom. The lowest BCUT2D eigenvalue weighted by Crippen LogP contribution is -2.22. The summed E-state index contributed by atoms with van der Waals surface area (Å²) in [5.41, 5.74) is 1.20. The minimum absolute atomic E-state index is 0.153. The van der Waals surface area contributed by atoms with Crippen molar-refractivity contribution < 1.29 is 19.1 Å². The molecule has 0 aliphatic heterocycles. The Labute approximate surface area is 153 Å². The van der Waals surface area contributed by atoms with Gasteiger partial charge in [0.15, 0.2) is 0 Å². The second-order valence-corrected chi connectivity index (χ2v) is 6.96. The van der Waals surface area contributed by atoms with Gasteiger partial charge < -0.3 is 9.47 Å². The molecule has 1 aliphatic rings. The topological polar surface area (TPSA) is 52.6 Å². The molecular weight excluding hydrogens is 316 g/mol. The van der Waals surface area contributed by atoms with Crippen molar-refractivity contribution in [2.45, 2.75) is 91.4 Å². The number of carbonyl (C=O) groups is 2. The van der Waals surface area contributed by atoms with E-state index in [4.69, 9.17) is 9.47 Å². The molecule has 0 atom stereocenters. The monoisotopic (exact) mass is 352 g/mol. The van der Waals surface area contributed by atoms with Crippen LogP contribution >= 0.6 is 0 Å². The van der Waals surface area contributed by atoms with Crippen LogP contribution < -0.4 is 0 Å². The highest BCUT2D eigenvalue weighted by atomic mass is 16.5. The van der Waals surface area contributed by atoms with E-state index in [9.17, 15) is 9.59 Å². The zero-order chi connectivity index (χ0) is 18.5. The smallest absolute Gasteiger partial charge is 0.334 e. The molecule has 1 aliphatic carbocycles. The first kappa shape index (κ1) is 21.7. The number of ether oxygens (including phenoxy) is 2. The molecule has 0 amide bonds. The van der Waals surface area contributed by atoms with Crippen molar-refractivity contribution in [2.24, 2.45) is 5.92 Å². The maximum atomic E-state index is 12.7. The Bertz CT molecular complexity index is 433. The molecule has 25 heavy (non-hydrogen) atoms. The molecule has 0 aromatic rings. The third-order valence-corrected chi connectivity index (χ3v) is 4.71. The van der Waals surface area contributed by atoms with E-state index in [2.05, 4.69) is 6.92 Å². The first-order valence-electron chi connectivity index (χ1n) is 10.2. The molecule has 1 fully saturated rings. The first-order valence-corrected chi connectivity index (χ1v) is 10.2. The van der Waals surface area contributed by atoms with Gasteiger partial charge in [-0.05, 0) is 44.4 Å². The summed E-state index contributed by atoms with van der Waals surface area (Å²) < 4.78 is 10.8. The fourth-order valence-electron chi connectivity index (χ4n) is 3.38. The molecule has 0 aromatic carbocycles. The van der Waals surface area contributed by atoms with Gasteiger partial charge in [-0.3, -0.25) is 0 Å². The Balaban J connectivity index is 3.04. The van der Waals surface area contributed by atoms with Crippen LogP contribution in [-0.2, 0) is 19.1 Å². The van der Waals surface area contributed by atoms with Crippen LogP contribution in [0.15, 0.2) is 11.1 Å². The van der Waals surface area contributed by atoms with E-state index in [1.54, 1.807) is 0 Å². The third kappa shape index (κ3) is 7.62. The molecule has 0 unspecified atom stereocenters. The Kier molecular flexibility index (Phi) is 11.3. The minimum Gasteiger partial charge on any atom is -0.462 e. The van der Waals surface area contributed by atoms with Crippen molar-refractivity contribution in [1.82, 2.24) is 0 Å². The van der Waals surface area contributed by atoms with Gasteiger partial charge in [-0.25, -0.2) is 9.59 Å². The van der Waals surface area contributed by atoms with Gasteiger partial charge in [-0.1, -0.05) is 52.9 Å². The van der Waals surface area contributed by atoms with Crippen molar-refractivity contribution in [1.29, 1.82) is 0 Å². The molecule has 1 saturated carbocycles. The zero-order valence-corrected chi connectivity index (χ0v) is 16.4. The molecule has 4 heteroatoms. The summed E-state index contributed by atoms with van der Waals surface area (Å²) in [4.78, 5) is 25.4.